The maximum atomic E-state index is 11.9. The van der Waals surface area contributed by atoms with Crippen LogP contribution in [0, 0.1) is 0 Å². The molecule has 0 aliphatic heterocycles. The molecule has 6 heteroatoms. The van der Waals surface area contributed by atoms with E-state index in [1.54, 1.807) is 24.8 Å². The van der Waals surface area contributed by atoms with Gasteiger partial charge in [-0.25, -0.2) is 5.43 Å². The van der Waals surface area contributed by atoms with Gasteiger partial charge in [0.1, 0.15) is 0 Å². The number of benzene rings is 1. The monoisotopic (exact) mass is 322 g/mol. The number of carbonyl (C=O) groups is 1. The molecule has 1 aromatic carbocycles. The number of nitrogens with zero attached hydrogens (tertiary/aromatic N) is 3. The van der Waals surface area contributed by atoms with Crippen LogP contribution in [0.5, 0.6) is 0 Å². The zero-order valence-electron chi connectivity index (χ0n) is 12.2. The fourth-order valence-electron chi connectivity index (χ4n) is 2.00. The number of hydrogen-bond acceptors (Lipinski definition) is 5. The number of para-hydroxylation sites is 1. The summed E-state index contributed by atoms with van der Waals surface area (Å²) in [5.41, 5.74) is 4.31. The molecular weight excluding hydrogens is 308 g/mol. The van der Waals surface area contributed by atoms with E-state index in [-0.39, 0.29) is 11.7 Å². The van der Waals surface area contributed by atoms with Crippen molar-refractivity contribution >= 4 is 34.8 Å². The number of fused-ring (bicyclic) bond motifs is 1. The lowest BCUT2D eigenvalue weighted by molar-refractivity contribution is -0.118. The molecule has 0 saturated heterocycles. The predicted molar refractivity (Wildman–Crippen MR) is 92.4 cm³/mol. The number of nitrogens with one attached hydrogen (secondary N) is 1. The standard InChI is InChI=1S/C17H14N4OS/c22-16(21-20-11-13-6-9-18-10-7-13)12-23-15-5-1-3-14-4-2-8-19-17(14)15/h1-11H,12H2,(H,21,22). The van der Waals surface area contributed by atoms with Crippen molar-refractivity contribution < 1.29 is 4.79 Å². The van der Waals surface area contributed by atoms with E-state index in [1.165, 1.54) is 11.8 Å². The van der Waals surface area contributed by atoms with E-state index in [1.807, 2.05) is 42.5 Å². The van der Waals surface area contributed by atoms with Gasteiger partial charge in [0.2, 0.25) is 5.91 Å². The molecule has 3 aromatic rings. The molecule has 0 bridgehead atoms. The maximum Gasteiger partial charge on any atom is 0.250 e. The van der Waals surface area contributed by atoms with Crippen molar-refractivity contribution in [1.29, 1.82) is 0 Å². The summed E-state index contributed by atoms with van der Waals surface area (Å²) in [6, 6.07) is 13.5. The molecule has 0 fully saturated rings. The van der Waals surface area contributed by atoms with Crippen LogP contribution in [0.3, 0.4) is 0 Å². The van der Waals surface area contributed by atoms with Crippen molar-refractivity contribution in [3.8, 4) is 0 Å². The first-order chi connectivity index (χ1) is 11.3. The Morgan fingerprint density at radius 1 is 1.13 bits per heavy atom. The van der Waals surface area contributed by atoms with Crippen LogP contribution >= 0.6 is 11.8 Å². The Kier molecular flexibility index (Phi) is 4.95. The highest BCUT2D eigenvalue weighted by molar-refractivity contribution is 8.00. The Balaban J connectivity index is 1.57. The Bertz CT molecular complexity index is 831. The first-order valence-electron chi connectivity index (χ1n) is 7.01. The van der Waals surface area contributed by atoms with Crippen LogP contribution in [0.1, 0.15) is 5.56 Å². The van der Waals surface area contributed by atoms with Gasteiger partial charge in [-0.15, -0.1) is 11.8 Å². The second-order valence-corrected chi connectivity index (χ2v) is 5.71. The molecule has 0 atom stereocenters. The van der Waals surface area contributed by atoms with Crippen LogP contribution in [0.15, 0.2) is 71.1 Å². The molecule has 0 unspecified atom stereocenters. The molecule has 2 heterocycles. The summed E-state index contributed by atoms with van der Waals surface area (Å²) in [5.74, 6) is 0.122. The van der Waals surface area contributed by atoms with Crippen molar-refractivity contribution in [2.45, 2.75) is 4.90 Å². The third kappa shape index (κ3) is 4.14. The van der Waals surface area contributed by atoms with Crippen LogP contribution < -0.4 is 5.43 Å². The van der Waals surface area contributed by atoms with Crippen molar-refractivity contribution in [3.05, 3.63) is 66.6 Å². The normalized spacial score (nSPS) is 11.0. The highest BCUT2D eigenvalue weighted by Crippen LogP contribution is 2.25. The van der Waals surface area contributed by atoms with Gasteiger partial charge in [-0.3, -0.25) is 14.8 Å². The molecule has 5 nitrogen and oxygen atoms in total. The zero-order chi connectivity index (χ0) is 15.9. The average Bonchev–Trinajstić information content (AvgIpc) is 2.61. The Morgan fingerprint density at radius 2 is 1.96 bits per heavy atom. The summed E-state index contributed by atoms with van der Waals surface area (Å²) in [7, 11) is 0. The summed E-state index contributed by atoms with van der Waals surface area (Å²) < 4.78 is 0. The molecule has 0 saturated carbocycles. The first kappa shape index (κ1) is 15.2. The van der Waals surface area contributed by atoms with Gasteiger partial charge in [-0.1, -0.05) is 18.2 Å². The van der Waals surface area contributed by atoms with Crippen LogP contribution in [0.25, 0.3) is 10.9 Å². The molecule has 1 N–H and O–H groups in total. The molecule has 0 aliphatic carbocycles. The quantitative estimate of drug-likeness (QED) is 0.445. The number of thioether (sulfide) groups is 1. The van der Waals surface area contributed by atoms with Crippen LogP contribution in [0.4, 0.5) is 0 Å². The Labute approximate surface area is 137 Å². The highest BCUT2D eigenvalue weighted by Gasteiger charge is 2.05. The number of rotatable bonds is 5. The van der Waals surface area contributed by atoms with Crippen molar-refractivity contribution in [2.24, 2.45) is 5.10 Å². The number of hydrogen-bond donors (Lipinski definition) is 1. The second-order valence-electron chi connectivity index (χ2n) is 4.69. The molecule has 0 aliphatic rings. The van der Waals surface area contributed by atoms with Crippen molar-refractivity contribution in [2.75, 3.05) is 5.75 Å². The average molecular weight is 322 g/mol. The van der Waals surface area contributed by atoms with Gasteiger partial charge in [0.25, 0.3) is 0 Å². The van der Waals surface area contributed by atoms with Gasteiger partial charge in [0, 0.05) is 28.9 Å². The lowest BCUT2D eigenvalue weighted by atomic mass is 10.2. The summed E-state index contributed by atoms with van der Waals surface area (Å²) in [4.78, 5) is 21.1. The van der Waals surface area contributed by atoms with Gasteiger partial charge in [-0.05, 0) is 29.8 Å². The van der Waals surface area contributed by atoms with Gasteiger partial charge in [0.05, 0.1) is 17.5 Å². The third-order valence-corrected chi connectivity index (χ3v) is 4.11. The second kappa shape index (κ2) is 7.51. The molecular formula is C17H14N4OS. The molecule has 3 rings (SSSR count). The highest BCUT2D eigenvalue weighted by atomic mass is 32.2. The van der Waals surface area contributed by atoms with Crippen molar-refractivity contribution in [3.63, 3.8) is 0 Å². The number of carbonyl (C=O) groups excluding carboxylic acids is 1. The molecule has 114 valence electrons. The van der Waals surface area contributed by atoms with E-state index in [0.717, 1.165) is 21.4 Å². The zero-order valence-corrected chi connectivity index (χ0v) is 13.0. The minimum atomic E-state index is -0.159. The van der Waals surface area contributed by atoms with Gasteiger partial charge >= 0.3 is 0 Å². The number of aromatic nitrogens is 2. The molecule has 0 spiro atoms. The summed E-state index contributed by atoms with van der Waals surface area (Å²) >= 11 is 1.45. The maximum absolute atomic E-state index is 11.9. The third-order valence-electron chi connectivity index (χ3n) is 3.06. The minimum Gasteiger partial charge on any atom is -0.272 e. The molecule has 2 aromatic heterocycles. The van der Waals surface area contributed by atoms with Gasteiger partial charge in [-0.2, -0.15) is 5.10 Å². The largest absolute Gasteiger partial charge is 0.272 e. The SMILES string of the molecule is O=C(CSc1cccc2cccnc12)NN=Cc1ccncc1. The van der Waals surface area contributed by atoms with E-state index < -0.39 is 0 Å². The Hall–Kier alpha value is -2.73. The number of amides is 1. The number of pyridine rings is 2. The lowest BCUT2D eigenvalue weighted by Crippen LogP contribution is -2.19. The van der Waals surface area contributed by atoms with Crippen LogP contribution in [-0.2, 0) is 4.79 Å². The first-order valence-corrected chi connectivity index (χ1v) is 8.00. The summed E-state index contributed by atoms with van der Waals surface area (Å²) in [6.45, 7) is 0. The Morgan fingerprint density at radius 3 is 2.83 bits per heavy atom. The van der Waals surface area contributed by atoms with E-state index in [0.29, 0.717) is 0 Å². The fraction of sp³-hybridized carbons (Fsp3) is 0.0588. The predicted octanol–water partition coefficient (Wildman–Crippen LogP) is 2.87. The van der Waals surface area contributed by atoms with E-state index in [4.69, 9.17) is 0 Å². The fourth-order valence-corrected chi connectivity index (χ4v) is 2.83. The molecule has 23 heavy (non-hydrogen) atoms. The van der Waals surface area contributed by atoms with E-state index in [9.17, 15) is 4.79 Å². The van der Waals surface area contributed by atoms with E-state index in [2.05, 4.69) is 20.5 Å². The van der Waals surface area contributed by atoms with E-state index >= 15 is 0 Å². The summed E-state index contributed by atoms with van der Waals surface area (Å²) in [5, 5.41) is 5.00. The smallest absolute Gasteiger partial charge is 0.250 e. The van der Waals surface area contributed by atoms with Crippen molar-refractivity contribution in [1.82, 2.24) is 15.4 Å². The minimum absolute atomic E-state index is 0.159. The lowest BCUT2D eigenvalue weighted by Gasteiger charge is -2.04. The topological polar surface area (TPSA) is 67.2 Å². The summed E-state index contributed by atoms with van der Waals surface area (Å²) in [6.07, 6.45) is 6.69. The van der Waals surface area contributed by atoms with Gasteiger partial charge in [0.15, 0.2) is 0 Å². The number of hydrazone groups is 1. The molecule has 1 amide bonds. The van der Waals surface area contributed by atoms with Crippen LogP contribution in [-0.4, -0.2) is 27.8 Å². The molecule has 0 radical (unpaired) electrons. The van der Waals surface area contributed by atoms with Gasteiger partial charge < -0.3 is 0 Å². The van der Waals surface area contributed by atoms with Crippen LogP contribution in [0.2, 0.25) is 0 Å².